The lowest BCUT2D eigenvalue weighted by atomic mass is 10.1. The van der Waals surface area contributed by atoms with Crippen LogP contribution in [0.5, 0.6) is 5.75 Å². The Morgan fingerprint density at radius 1 is 1.04 bits per heavy atom. The predicted molar refractivity (Wildman–Crippen MR) is 204 cm³/mol. The summed E-state index contributed by atoms with van der Waals surface area (Å²) in [6.45, 7) is 1.51. The molecule has 1 saturated heterocycles. The van der Waals surface area contributed by atoms with Gasteiger partial charge in [0.05, 0.1) is 16.8 Å². The Hall–Kier alpha value is -4.53. The van der Waals surface area contributed by atoms with Crippen molar-refractivity contribution in [2.45, 2.75) is 49.9 Å². The van der Waals surface area contributed by atoms with Crippen molar-refractivity contribution in [3.63, 3.8) is 0 Å². The number of carbonyl (C=O) groups is 2. The Morgan fingerprint density at radius 3 is 2.29 bits per heavy atom. The van der Waals surface area contributed by atoms with Gasteiger partial charge in [0.1, 0.15) is 34.6 Å². The van der Waals surface area contributed by atoms with E-state index in [2.05, 4.69) is 15.6 Å². The molecule has 5 rings (SSSR count). The van der Waals surface area contributed by atoms with Gasteiger partial charge in [0.2, 0.25) is 15.9 Å². The number of aryl methyl sites for hydroxylation is 1. The van der Waals surface area contributed by atoms with Gasteiger partial charge in [0, 0.05) is 52.4 Å². The molecule has 21 heteroatoms. The number of fused-ring (bicyclic) bond motifs is 1. The van der Waals surface area contributed by atoms with Crippen molar-refractivity contribution in [2.75, 3.05) is 25.9 Å². The van der Waals surface area contributed by atoms with Crippen LogP contribution in [-0.4, -0.2) is 80.3 Å². The number of hydrogen-bond acceptors (Lipinski definition) is 9. The number of sulfonamides is 1. The van der Waals surface area contributed by atoms with E-state index in [0.717, 1.165) is 10.4 Å². The number of carbonyl (C=O) groups excluding carboxylic acids is 2. The van der Waals surface area contributed by atoms with E-state index in [1.54, 1.807) is 24.3 Å². The number of nitrogens with two attached hydrogens (primary N) is 1. The van der Waals surface area contributed by atoms with Crippen LogP contribution in [0.1, 0.15) is 52.0 Å². The highest BCUT2D eigenvalue weighted by Gasteiger charge is 2.41. The molecule has 0 spiro atoms. The van der Waals surface area contributed by atoms with E-state index >= 15 is 0 Å². The highest BCUT2D eigenvalue weighted by Crippen LogP contribution is 2.39. The van der Waals surface area contributed by atoms with Crippen molar-refractivity contribution in [1.29, 1.82) is 5.41 Å². The van der Waals surface area contributed by atoms with Gasteiger partial charge in [-0.05, 0) is 62.6 Å². The maximum atomic E-state index is 13.9. The average Bonchev–Trinajstić information content (AvgIpc) is 3.61. The second-order valence-corrected chi connectivity index (χ2v) is 16.6. The molecule has 0 bridgehead atoms. The van der Waals surface area contributed by atoms with Gasteiger partial charge in [-0.3, -0.25) is 19.6 Å². The number of amides is 2. The van der Waals surface area contributed by atoms with Crippen LogP contribution in [0, 0.1) is 12.3 Å². The molecule has 6 N–H and O–H groups in total. The van der Waals surface area contributed by atoms with E-state index in [0.29, 0.717) is 30.2 Å². The molecule has 0 radical (unpaired) electrons. The topological polar surface area (TPSA) is 222 Å². The minimum absolute atomic E-state index is 0.0151. The van der Waals surface area contributed by atoms with Gasteiger partial charge in [-0.2, -0.15) is 25.9 Å². The number of nitrogens with zero attached hydrogens (tertiary/aromatic N) is 2. The van der Waals surface area contributed by atoms with E-state index in [1.165, 1.54) is 37.3 Å². The Bertz CT molecular complexity index is 2340. The molecule has 0 saturated carbocycles. The lowest BCUT2D eigenvalue weighted by molar-refractivity contribution is -0.136. The van der Waals surface area contributed by atoms with Crippen molar-refractivity contribution in [3.8, 4) is 5.75 Å². The normalized spacial score (nSPS) is 14.8. The molecule has 1 aliphatic rings. The molecule has 2 heterocycles. The first-order valence-electron chi connectivity index (χ1n) is 16.6. The first kappa shape index (κ1) is 44.2. The Balaban J connectivity index is 0.00000131. The zero-order valence-corrected chi connectivity index (χ0v) is 32.9. The molecular formula is C35H37Cl2F3N6O8S2. The molecule has 3 aromatic carbocycles. The van der Waals surface area contributed by atoms with Gasteiger partial charge in [0.15, 0.2) is 0 Å². The summed E-state index contributed by atoms with van der Waals surface area (Å²) in [7, 11) is -7.99. The van der Waals surface area contributed by atoms with Crippen LogP contribution in [0.15, 0.2) is 65.6 Å². The number of nitrogen functional groups attached to an aromatic ring is 1. The number of aromatic nitrogens is 1. The molecule has 56 heavy (non-hydrogen) atoms. The maximum Gasteiger partial charge on any atom is 0.417 e. The second-order valence-electron chi connectivity index (χ2n) is 12.5. The molecule has 1 aliphatic heterocycles. The Morgan fingerprint density at radius 2 is 1.66 bits per heavy atom. The zero-order valence-electron chi connectivity index (χ0n) is 29.8. The van der Waals surface area contributed by atoms with Gasteiger partial charge >= 0.3 is 6.18 Å². The number of rotatable bonds is 12. The van der Waals surface area contributed by atoms with Gasteiger partial charge in [-0.1, -0.05) is 47.5 Å². The quantitative estimate of drug-likeness (QED) is 0.0534. The second kappa shape index (κ2) is 18.2. The van der Waals surface area contributed by atoms with Gasteiger partial charge in [0.25, 0.3) is 16.0 Å². The molecule has 1 aromatic heterocycles. The van der Waals surface area contributed by atoms with E-state index in [1.807, 2.05) is 0 Å². The number of nitrogens with one attached hydrogen (secondary N) is 3. The zero-order chi connectivity index (χ0) is 41.6. The first-order chi connectivity index (χ1) is 26.1. The number of hydrogen-bond donors (Lipinski definition) is 5. The van der Waals surface area contributed by atoms with Crippen molar-refractivity contribution >= 4 is 71.9 Å². The van der Waals surface area contributed by atoms with E-state index in [4.69, 9.17) is 43.6 Å². The van der Waals surface area contributed by atoms with Crippen molar-refractivity contribution < 1.29 is 48.9 Å². The van der Waals surface area contributed by atoms with Gasteiger partial charge < -0.3 is 21.1 Å². The lowest BCUT2D eigenvalue weighted by Gasteiger charge is -2.24. The van der Waals surface area contributed by atoms with Crippen LogP contribution in [0.4, 0.5) is 13.2 Å². The van der Waals surface area contributed by atoms with Crippen LogP contribution in [0.25, 0.3) is 10.9 Å². The smallest absolute Gasteiger partial charge is 0.417 e. The largest absolute Gasteiger partial charge is 0.487 e. The predicted octanol–water partition coefficient (Wildman–Crippen LogP) is 5.33. The summed E-state index contributed by atoms with van der Waals surface area (Å²) in [6, 6.07) is 12.8. The monoisotopic (exact) mass is 860 g/mol. The number of alkyl halides is 3. The fourth-order valence-corrected chi connectivity index (χ4v) is 8.22. The third-order valence-corrected chi connectivity index (χ3v) is 11.1. The molecule has 14 nitrogen and oxygen atoms in total. The fraction of sp³-hybridized carbons (Fsp3) is 0.314. The number of halogens is 5. The molecular weight excluding hydrogens is 824 g/mol. The van der Waals surface area contributed by atoms with Crippen LogP contribution in [-0.2, 0) is 37.7 Å². The third kappa shape index (κ3) is 11.3. The number of benzene rings is 3. The van der Waals surface area contributed by atoms with Crippen LogP contribution < -0.4 is 21.1 Å². The average molecular weight is 862 g/mol. The molecule has 2 amide bonds. The molecule has 4 aromatic rings. The number of amidine groups is 1. The summed E-state index contributed by atoms with van der Waals surface area (Å²) in [5.74, 6) is -0.943. The third-order valence-electron chi connectivity index (χ3n) is 8.25. The van der Waals surface area contributed by atoms with Crippen molar-refractivity contribution in [1.82, 2.24) is 19.9 Å². The number of ether oxygens (including phenoxy) is 1. The van der Waals surface area contributed by atoms with Crippen LogP contribution in [0.3, 0.4) is 0 Å². The summed E-state index contributed by atoms with van der Waals surface area (Å²) in [6.07, 6.45) is -2.85. The number of para-hydroxylation sites is 1. The highest BCUT2D eigenvalue weighted by molar-refractivity contribution is 7.89. The molecule has 1 atom stereocenters. The van der Waals surface area contributed by atoms with E-state index in [9.17, 15) is 39.6 Å². The number of pyridine rings is 1. The summed E-state index contributed by atoms with van der Waals surface area (Å²) in [4.78, 5) is 29.5. The maximum absolute atomic E-state index is 13.9. The Kier molecular flexibility index (Phi) is 14.3. The van der Waals surface area contributed by atoms with Gasteiger partial charge in [-0.25, -0.2) is 13.4 Å². The molecule has 1 fully saturated rings. The first-order valence-corrected chi connectivity index (χ1v) is 20.7. The van der Waals surface area contributed by atoms with E-state index in [-0.39, 0.29) is 87.3 Å². The fourth-order valence-electron chi connectivity index (χ4n) is 5.70. The van der Waals surface area contributed by atoms with Crippen LogP contribution in [0.2, 0.25) is 10.0 Å². The minimum Gasteiger partial charge on any atom is -0.487 e. The van der Waals surface area contributed by atoms with Gasteiger partial charge in [-0.15, -0.1) is 0 Å². The molecule has 0 aliphatic carbocycles. The molecule has 0 unspecified atom stereocenters. The summed E-state index contributed by atoms with van der Waals surface area (Å²) < 4.78 is 102. The van der Waals surface area contributed by atoms with Crippen LogP contribution >= 0.6 is 23.2 Å². The Labute approximate surface area is 330 Å². The van der Waals surface area contributed by atoms with Crippen molar-refractivity contribution in [2.24, 2.45) is 5.73 Å². The summed E-state index contributed by atoms with van der Waals surface area (Å²) in [5, 5.41) is 12.6. The summed E-state index contributed by atoms with van der Waals surface area (Å²) in [5.41, 5.74) is 5.61. The highest BCUT2D eigenvalue weighted by atomic mass is 35.5. The minimum atomic E-state index is -4.63. The lowest BCUT2D eigenvalue weighted by Crippen LogP contribution is -2.46. The van der Waals surface area contributed by atoms with Crippen molar-refractivity contribution in [3.05, 3.63) is 98.7 Å². The summed E-state index contributed by atoms with van der Waals surface area (Å²) >= 11 is 13.0. The van der Waals surface area contributed by atoms with E-state index < -0.39 is 43.8 Å². The SMILES string of the molecule is CS(=O)(=O)O.Cc1cc(C(F)(F)F)c2cccc(OCc3c(Cl)ccc(S(=O)(=O)N4CCC[C@H]4C(=O)NCCCNC(=O)c4ccc(C(=N)N)cc4)c3Cl)c2n1. The standard InChI is InChI=1S/C34H33Cl2F3N6O5S.CH4O3S/c1-19-17-24(34(37,38)39)22-5-2-7-27(30(22)44-19)50-18-23-25(35)12-13-28(29(23)36)51(48,49)45-16-3-6-26(45)33(47)43-15-4-14-42-32(46)21-10-8-20(9-11-21)31(40)41;1-5(2,3)4/h2,5,7-13,17,26H,3-4,6,14-16,18H2,1H3,(H3,40,41)(H,42,46)(H,43,47);1H3,(H,2,3,4)/t26-;/m0./s1. The molecule has 302 valence electrons.